The van der Waals surface area contributed by atoms with Crippen molar-refractivity contribution in [1.82, 2.24) is 4.98 Å². The number of rotatable bonds is 5. The molecule has 0 radical (unpaired) electrons. The van der Waals surface area contributed by atoms with Crippen molar-refractivity contribution >= 4 is 57.9 Å². The normalized spacial score (nSPS) is 17.1. The largest absolute Gasteiger partial charge is 0.507 e. The Labute approximate surface area is 216 Å². The number of ketones is 1. The lowest BCUT2D eigenvalue weighted by molar-refractivity contribution is -0.132. The van der Waals surface area contributed by atoms with Gasteiger partial charge in [0.1, 0.15) is 10.8 Å². The number of methoxy groups -OCH3 is 2. The van der Waals surface area contributed by atoms with Gasteiger partial charge in [-0.3, -0.25) is 19.5 Å². The lowest BCUT2D eigenvalue weighted by Crippen LogP contribution is -2.30. The number of hydrogen-bond donors (Lipinski definition) is 1. The summed E-state index contributed by atoms with van der Waals surface area (Å²) in [5.74, 6) is -2.08. The van der Waals surface area contributed by atoms with Crippen LogP contribution in [0.25, 0.3) is 5.76 Å². The Bertz CT molecular complexity index is 1380. The molecule has 1 fully saturated rings. The van der Waals surface area contributed by atoms with Crippen LogP contribution in [0.15, 0.2) is 54.4 Å². The maximum absolute atomic E-state index is 13.4. The van der Waals surface area contributed by atoms with Crippen molar-refractivity contribution in [2.45, 2.75) is 13.0 Å². The van der Waals surface area contributed by atoms with Gasteiger partial charge in [0.25, 0.3) is 11.7 Å². The molecule has 0 spiro atoms. The predicted molar refractivity (Wildman–Crippen MR) is 135 cm³/mol. The molecule has 1 unspecified atom stereocenters. The van der Waals surface area contributed by atoms with E-state index in [2.05, 4.69) is 4.98 Å². The van der Waals surface area contributed by atoms with Crippen LogP contribution in [-0.2, 0) is 9.59 Å². The molecule has 0 saturated carbocycles. The summed E-state index contributed by atoms with van der Waals surface area (Å²) >= 11 is 18.9. The highest BCUT2D eigenvalue weighted by molar-refractivity contribution is 6.52. The van der Waals surface area contributed by atoms with E-state index in [0.717, 1.165) is 0 Å². The van der Waals surface area contributed by atoms with E-state index in [9.17, 15) is 14.7 Å². The molecule has 1 N–H and O–H groups in total. The Hall–Kier alpha value is -3.26. The topological polar surface area (TPSA) is 89.0 Å². The molecule has 1 aliphatic heterocycles. The van der Waals surface area contributed by atoms with Gasteiger partial charge in [-0.1, -0.05) is 46.9 Å². The van der Waals surface area contributed by atoms with Gasteiger partial charge in [0.2, 0.25) is 0 Å². The van der Waals surface area contributed by atoms with Gasteiger partial charge in [-0.15, -0.1) is 0 Å². The van der Waals surface area contributed by atoms with Crippen LogP contribution in [0.5, 0.6) is 11.5 Å². The standard InChI is InChI=1S/C25H19Cl3N2O5/c1-12-6-7-14(26)9-17(12)30-20(13-5-4-8-29-11-13)18(22(32)25(30)33)21(31)15-10-16(27)24(35-3)19(28)23(15)34-2/h4-11,20,31H,1-3H3/b21-18+. The molecule has 0 bridgehead atoms. The summed E-state index contributed by atoms with van der Waals surface area (Å²) in [6, 6.07) is 8.74. The fourth-order valence-corrected chi connectivity index (χ4v) is 4.92. The Morgan fingerprint density at radius 3 is 2.40 bits per heavy atom. The number of amides is 1. The Kier molecular flexibility index (Phi) is 6.94. The third kappa shape index (κ3) is 4.20. The van der Waals surface area contributed by atoms with Gasteiger partial charge < -0.3 is 14.6 Å². The van der Waals surface area contributed by atoms with Gasteiger partial charge in [0, 0.05) is 23.1 Å². The number of hydrogen-bond acceptors (Lipinski definition) is 6. The van der Waals surface area contributed by atoms with Crippen LogP contribution in [0, 0.1) is 6.92 Å². The van der Waals surface area contributed by atoms with E-state index in [0.29, 0.717) is 21.8 Å². The molecule has 1 aliphatic rings. The van der Waals surface area contributed by atoms with Gasteiger partial charge in [-0.25, -0.2) is 0 Å². The number of carbonyl (C=O) groups is 2. The van der Waals surface area contributed by atoms with E-state index in [-0.39, 0.29) is 32.7 Å². The number of aliphatic hydroxyl groups excluding tert-OH is 1. The Morgan fingerprint density at radius 2 is 1.77 bits per heavy atom. The van der Waals surface area contributed by atoms with E-state index in [4.69, 9.17) is 44.3 Å². The lowest BCUT2D eigenvalue weighted by atomic mass is 9.95. The quantitative estimate of drug-likeness (QED) is 0.246. The Morgan fingerprint density at radius 1 is 1.06 bits per heavy atom. The molecule has 0 aliphatic carbocycles. The average Bonchev–Trinajstić information content (AvgIpc) is 3.11. The summed E-state index contributed by atoms with van der Waals surface area (Å²) in [5.41, 5.74) is 1.47. The second-order valence-electron chi connectivity index (χ2n) is 7.67. The zero-order valence-electron chi connectivity index (χ0n) is 18.8. The van der Waals surface area contributed by atoms with Crippen molar-refractivity contribution in [3.63, 3.8) is 0 Å². The number of anilines is 1. The molecular formula is C25H19Cl3N2O5. The first kappa shape index (κ1) is 24.9. The van der Waals surface area contributed by atoms with Crippen molar-refractivity contribution in [3.05, 3.63) is 86.1 Å². The van der Waals surface area contributed by atoms with Crippen molar-refractivity contribution in [2.75, 3.05) is 19.1 Å². The van der Waals surface area contributed by atoms with Crippen LogP contribution in [0.2, 0.25) is 15.1 Å². The van der Waals surface area contributed by atoms with Crippen LogP contribution in [0.4, 0.5) is 5.69 Å². The first-order valence-corrected chi connectivity index (χ1v) is 11.4. The molecule has 1 saturated heterocycles. The van der Waals surface area contributed by atoms with E-state index < -0.39 is 23.5 Å². The van der Waals surface area contributed by atoms with E-state index >= 15 is 0 Å². The molecule has 1 atom stereocenters. The number of nitrogens with zero attached hydrogens (tertiary/aromatic N) is 2. The molecule has 180 valence electrons. The molecule has 1 amide bonds. The van der Waals surface area contributed by atoms with Gasteiger partial charge in [0.05, 0.1) is 36.4 Å². The van der Waals surface area contributed by atoms with Crippen LogP contribution >= 0.6 is 34.8 Å². The summed E-state index contributed by atoms with van der Waals surface area (Å²) in [7, 11) is 2.73. The highest BCUT2D eigenvalue weighted by atomic mass is 35.5. The van der Waals surface area contributed by atoms with E-state index in [1.807, 2.05) is 0 Å². The number of benzene rings is 2. The minimum absolute atomic E-state index is 0.00175. The zero-order valence-corrected chi connectivity index (χ0v) is 21.1. The summed E-state index contributed by atoms with van der Waals surface area (Å²) < 4.78 is 10.6. The summed E-state index contributed by atoms with van der Waals surface area (Å²) in [6.07, 6.45) is 3.08. The summed E-state index contributed by atoms with van der Waals surface area (Å²) in [5, 5.41) is 11.9. The van der Waals surface area contributed by atoms with Crippen molar-refractivity contribution in [3.8, 4) is 11.5 Å². The predicted octanol–water partition coefficient (Wildman–Crippen LogP) is 5.99. The second kappa shape index (κ2) is 9.77. The van der Waals surface area contributed by atoms with Crippen LogP contribution < -0.4 is 14.4 Å². The SMILES string of the molecule is COc1c(Cl)cc(/C(O)=C2\C(=O)C(=O)N(c3cc(Cl)ccc3C)C2c2cccnc2)c(OC)c1Cl. The van der Waals surface area contributed by atoms with Crippen molar-refractivity contribution in [1.29, 1.82) is 0 Å². The number of halogens is 3. The first-order valence-electron chi connectivity index (χ1n) is 10.3. The molecule has 1 aromatic heterocycles. The summed E-state index contributed by atoms with van der Waals surface area (Å²) in [6.45, 7) is 1.79. The maximum atomic E-state index is 13.4. The fourth-order valence-electron chi connectivity index (χ4n) is 4.07. The highest BCUT2D eigenvalue weighted by Crippen LogP contribution is 2.48. The minimum Gasteiger partial charge on any atom is -0.507 e. The number of aliphatic hydroxyl groups is 1. The van der Waals surface area contributed by atoms with Crippen LogP contribution in [-0.4, -0.2) is 36.0 Å². The van der Waals surface area contributed by atoms with Crippen LogP contribution in [0.3, 0.4) is 0 Å². The fraction of sp³-hybridized carbons (Fsp3) is 0.160. The minimum atomic E-state index is -1.01. The van der Waals surface area contributed by atoms with Gasteiger partial charge >= 0.3 is 0 Å². The zero-order chi connectivity index (χ0) is 25.4. The average molecular weight is 534 g/mol. The number of aromatic nitrogens is 1. The van der Waals surface area contributed by atoms with Crippen LogP contribution in [0.1, 0.15) is 22.7 Å². The molecular weight excluding hydrogens is 515 g/mol. The molecule has 3 aromatic rings. The van der Waals surface area contributed by atoms with Crippen molar-refractivity contribution < 1.29 is 24.2 Å². The molecule has 7 nitrogen and oxygen atoms in total. The first-order chi connectivity index (χ1) is 16.7. The van der Waals surface area contributed by atoms with E-state index in [1.165, 1.54) is 31.4 Å². The highest BCUT2D eigenvalue weighted by Gasteiger charge is 2.48. The molecule has 35 heavy (non-hydrogen) atoms. The number of aryl methyl sites for hydroxylation is 1. The molecule has 4 rings (SSSR count). The maximum Gasteiger partial charge on any atom is 0.300 e. The second-order valence-corrected chi connectivity index (χ2v) is 8.89. The summed E-state index contributed by atoms with van der Waals surface area (Å²) in [4.78, 5) is 32.2. The number of carbonyl (C=O) groups excluding carboxylic acids is 2. The number of pyridine rings is 1. The smallest absolute Gasteiger partial charge is 0.300 e. The number of Topliss-reactive ketones (excluding diaryl/α,β-unsaturated/α-hetero) is 1. The number of ether oxygens (including phenoxy) is 2. The third-order valence-corrected chi connectivity index (χ3v) is 6.53. The molecule has 2 heterocycles. The van der Waals surface area contributed by atoms with Gasteiger partial charge in [-0.05, 0) is 42.3 Å². The van der Waals surface area contributed by atoms with Gasteiger partial charge in [0.15, 0.2) is 11.5 Å². The molecule has 2 aromatic carbocycles. The van der Waals surface area contributed by atoms with E-state index in [1.54, 1.807) is 43.5 Å². The molecule has 10 heteroatoms. The third-order valence-electron chi connectivity index (χ3n) is 5.67. The van der Waals surface area contributed by atoms with Gasteiger partial charge in [-0.2, -0.15) is 0 Å². The lowest BCUT2D eigenvalue weighted by Gasteiger charge is -2.27. The monoisotopic (exact) mass is 532 g/mol. The Balaban J connectivity index is 2.04. The van der Waals surface area contributed by atoms with Crippen molar-refractivity contribution in [2.24, 2.45) is 0 Å².